The fourth-order valence-electron chi connectivity index (χ4n) is 4.31. The maximum atomic E-state index is 13.0. The Bertz CT molecular complexity index is 1090. The summed E-state index contributed by atoms with van der Waals surface area (Å²) < 4.78 is 7.76. The summed E-state index contributed by atoms with van der Waals surface area (Å²) in [7, 11) is 0. The Kier molecular flexibility index (Phi) is 4.51. The molecule has 0 N–H and O–H groups in total. The number of carbonyl (C=O) groups is 1. The molecule has 1 fully saturated rings. The molecule has 5 rings (SSSR count). The summed E-state index contributed by atoms with van der Waals surface area (Å²) >= 11 is 0. The molecule has 146 valence electrons. The van der Waals surface area contributed by atoms with E-state index in [2.05, 4.69) is 10.3 Å². The van der Waals surface area contributed by atoms with Crippen LogP contribution in [0, 0.1) is 12.8 Å². The van der Waals surface area contributed by atoms with Gasteiger partial charge in [0, 0.05) is 17.6 Å². The van der Waals surface area contributed by atoms with Crippen molar-refractivity contribution in [3.8, 4) is 16.9 Å². The first kappa shape index (κ1) is 17.9. The minimum atomic E-state index is -0.317. The van der Waals surface area contributed by atoms with Gasteiger partial charge in [0.2, 0.25) is 0 Å². The van der Waals surface area contributed by atoms with Crippen LogP contribution in [0.2, 0.25) is 0 Å². The van der Waals surface area contributed by atoms with Crippen LogP contribution in [0.5, 0.6) is 0 Å². The average molecular weight is 385 g/mol. The molecular formula is C24H23N3O2. The third kappa shape index (κ3) is 3.27. The molecule has 2 aliphatic rings. The lowest BCUT2D eigenvalue weighted by Gasteiger charge is -2.25. The lowest BCUT2D eigenvalue weighted by Crippen LogP contribution is -2.19. The van der Waals surface area contributed by atoms with E-state index in [4.69, 9.17) is 4.74 Å². The zero-order valence-corrected chi connectivity index (χ0v) is 16.5. The SMILES string of the molecule is Cc1ccc2c(c1)C(=O)O/C(C1CCCCC1)=C\c1c(-c3ccccc3)nnn1-2. The van der Waals surface area contributed by atoms with Crippen LogP contribution >= 0.6 is 0 Å². The molecule has 0 unspecified atom stereocenters. The maximum absolute atomic E-state index is 13.0. The summed E-state index contributed by atoms with van der Waals surface area (Å²) in [4.78, 5) is 13.0. The molecule has 3 aromatic rings. The predicted octanol–water partition coefficient (Wildman–Crippen LogP) is 5.33. The molecule has 1 aliphatic heterocycles. The largest absolute Gasteiger partial charge is 0.427 e. The van der Waals surface area contributed by atoms with Gasteiger partial charge in [0.25, 0.3) is 0 Å². The molecule has 1 aliphatic carbocycles. The number of fused-ring (bicyclic) bond motifs is 3. The van der Waals surface area contributed by atoms with Gasteiger partial charge >= 0.3 is 5.97 Å². The van der Waals surface area contributed by atoms with Crippen LogP contribution in [0.15, 0.2) is 54.3 Å². The smallest absolute Gasteiger partial charge is 0.345 e. The second kappa shape index (κ2) is 7.32. The van der Waals surface area contributed by atoms with Gasteiger partial charge < -0.3 is 4.74 Å². The number of hydrogen-bond acceptors (Lipinski definition) is 4. The Morgan fingerprint density at radius 3 is 2.62 bits per heavy atom. The maximum Gasteiger partial charge on any atom is 0.345 e. The molecule has 29 heavy (non-hydrogen) atoms. The van der Waals surface area contributed by atoms with Crippen molar-refractivity contribution in [1.82, 2.24) is 15.0 Å². The van der Waals surface area contributed by atoms with Gasteiger partial charge in [-0.2, -0.15) is 0 Å². The Hall–Kier alpha value is -3.21. The molecule has 2 aromatic carbocycles. The van der Waals surface area contributed by atoms with Gasteiger partial charge in [-0.25, -0.2) is 9.48 Å². The highest BCUT2D eigenvalue weighted by Gasteiger charge is 2.28. The Balaban J connectivity index is 1.73. The fraction of sp³-hybridized carbons (Fsp3) is 0.292. The van der Waals surface area contributed by atoms with Gasteiger partial charge in [-0.3, -0.25) is 0 Å². The Labute approximate surface area is 170 Å². The molecule has 5 heteroatoms. The summed E-state index contributed by atoms with van der Waals surface area (Å²) in [6, 6.07) is 15.8. The number of esters is 1. The topological polar surface area (TPSA) is 57.0 Å². The number of ether oxygens (including phenoxy) is 1. The summed E-state index contributed by atoms with van der Waals surface area (Å²) in [5.74, 6) is 0.677. The Morgan fingerprint density at radius 2 is 1.83 bits per heavy atom. The fourth-order valence-corrected chi connectivity index (χ4v) is 4.31. The van der Waals surface area contributed by atoms with Crippen LogP contribution < -0.4 is 0 Å². The average Bonchev–Trinajstić information content (AvgIpc) is 3.16. The lowest BCUT2D eigenvalue weighted by molar-refractivity contribution is 0.0577. The Morgan fingerprint density at radius 1 is 1.03 bits per heavy atom. The summed E-state index contributed by atoms with van der Waals surface area (Å²) in [6.45, 7) is 1.97. The van der Waals surface area contributed by atoms with Gasteiger partial charge in [-0.15, -0.1) is 5.10 Å². The molecular weight excluding hydrogens is 362 g/mol. The molecule has 2 heterocycles. The zero-order chi connectivity index (χ0) is 19.8. The van der Waals surface area contributed by atoms with Crippen molar-refractivity contribution in [2.45, 2.75) is 39.0 Å². The quantitative estimate of drug-likeness (QED) is 0.559. The number of allylic oxidation sites excluding steroid dienone is 1. The number of aryl methyl sites for hydroxylation is 1. The van der Waals surface area contributed by atoms with E-state index in [-0.39, 0.29) is 11.9 Å². The van der Waals surface area contributed by atoms with E-state index in [1.54, 1.807) is 4.68 Å². The van der Waals surface area contributed by atoms with Gasteiger partial charge in [0.1, 0.15) is 11.5 Å². The zero-order valence-electron chi connectivity index (χ0n) is 16.5. The van der Waals surface area contributed by atoms with E-state index >= 15 is 0 Å². The first-order valence-corrected chi connectivity index (χ1v) is 10.3. The van der Waals surface area contributed by atoms with Gasteiger partial charge in [0.05, 0.1) is 16.9 Å². The number of hydrogen-bond donors (Lipinski definition) is 0. The first-order valence-electron chi connectivity index (χ1n) is 10.3. The summed E-state index contributed by atoms with van der Waals surface area (Å²) in [5, 5.41) is 8.91. The van der Waals surface area contributed by atoms with E-state index in [1.165, 1.54) is 6.42 Å². The van der Waals surface area contributed by atoms with Gasteiger partial charge in [0.15, 0.2) is 0 Å². The van der Waals surface area contributed by atoms with E-state index < -0.39 is 0 Å². The van der Waals surface area contributed by atoms with E-state index in [0.29, 0.717) is 11.3 Å². The highest BCUT2D eigenvalue weighted by molar-refractivity contribution is 5.95. The van der Waals surface area contributed by atoms with Crippen LogP contribution in [0.4, 0.5) is 0 Å². The van der Waals surface area contributed by atoms with Crippen LogP contribution in [-0.2, 0) is 4.74 Å². The number of carbonyl (C=O) groups excluding carboxylic acids is 1. The molecule has 0 atom stereocenters. The number of cyclic esters (lactones) is 1. The number of aromatic nitrogens is 3. The summed E-state index contributed by atoms with van der Waals surface area (Å²) in [5.41, 5.74) is 4.88. The van der Waals surface area contributed by atoms with E-state index in [1.807, 2.05) is 61.5 Å². The van der Waals surface area contributed by atoms with Crippen LogP contribution in [0.1, 0.15) is 53.7 Å². The highest BCUT2D eigenvalue weighted by atomic mass is 16.5. The third-order valence-electron chi connectivity index (χ3n) is 5.85. The lowest BCUT2D eigenvalue weighted by atomic mass is 9.87. The number of rotatable bonds is 2. The third-order valence-corrected chi connectivity index (χ3v) is 5.85. The predicted molar refractivity (Wildman–Crippen MR) is 111 cm³/mol. The number of nitrogens with zero attached hydrogens (tertiary/aromatic N) is 3. The normalized spacial score (nSPS) is 18.7. The second-order valence-electron chi connectivity index (χ2n) is 7.89. The van der Waals surface area contributed by atoms with Crippen LogP contribution in [-0.4, -0.2) is 21.0 Å². The summed E-state index contributed by atoms with van der Waals surface area (Å²) in [6.07, 6.45) is 7.65. The molecule has 0 bridgehead atoms. The highest BCUT2D eigenvalue weighted by Crippen LogP contribution is 2.36. The van der Waals surface area contributed by atoms with Gasteiger partial charge in [-0.05, 0) is 31.9 Å². The second-order valence-corrected chi connectivity index (χ2v) is 7.89. The number of benzene rings is 2. The van der Waals surface area contributed by atoms with Crippen molar-refractivity contribution in [1.29, 1.82) is 0 Å². The van der Waals surface area contributed by atoms with Crippen molar-refractivity contribution in [2.24, 2.45) is 5.92 Å². The van der Waals surface area contributed by atoms with Crippen molar-refractivity contribution in [3.63, 3.8) is 0 Å². The standard InChI is InChI=1S/C24H23N3O2/c1-16-12-13-20-19(14-16)24(28)29-22(17-8-4-2-5-9-17)15-21-23(25-26-27(20)21)18-10-6-3-7-11-18/h3,6-7,10-15,17H,2,4-5,8-9H2,1H3/b22-15-. The van der Waals surface area contributed by atoms with Crippen molar-refractivity contribution >= 4 is 12.0 Å². The minimum absolute atomic E-state index is 0.256. The monoisotopic (exact) mass is 385 g/mol. The molecule has 1 aromatic heterocycles. The first-order chi connectivity index (χ1) is 14.2. The molecule has 5 nitrogen and oxygen atoms in total. The van der Waals surface area contributed by atoms with Crippen LogP contribution in [0.3, 0.4) is 0 Å². The van der Waals surface area contributed by atoms with Crippen molar-refractivity contribution in [2.75, 3.05) is 0 Å². The van der Waals surface area contributed by atoms with Crippen LogP contribution in [0.25, 0.3) is 23.0 Å². The molecule has 0 radical (unpaired) electrons. The van der Waals surface area contributed by atoms with E-state index in [9.17, 15) is 4.79 Å². The molecule has 0 spiro atoms. The van der Waals surface area contributed by atoms with Crippen molar-refractivity contribution in [3.05, 3.63) is 71.1 Å². The molecule has 0 amide bonds. The van der Waals surface area contributed by atoms with Gasteiger partial charge in [-0.1, -0.05) is 66.4 Å². The van der Waals surface area contributed by atoms with Crippen molar-refractivity contribution < 1.29 is 9.53 Å². The molecule has 1 saturated carbocycles. The minimum Gasteiger partial charge on any atom is -0.427 e. The van der Waals surface area contributed by atoms with E-state index in [0.717, 1.165) is 54.0 Å². The molecule has 0 saturated heterocycles.